The van der Waals surface area contributed by atoms with E-state index in [1.54, 1.807) is 0 Å². The van der Waals surface area contributed by atoms with E-state index in [1.165, 1.54) is 100.0 Å². The lowest BCUT2D eigenvalue weighted by molar-refractivity contribution is 0.660. The number of rotatable bonds is 4. The van der Waals surface area contributed by atoms with Crippen molar-refractivity contribution in [1.82, 2.24) is 4.98 Å². The molecule has 0 fully saturated rings. The van der Waals surface area contributed by atoms with Gasteiger partial charge in [-0.1, -0.05) is 243 Å². The first-order chi connectivity index (χ1) is 32.5. The molecular formula is C66H61N. The van der Waals surface area contributed by atoms with Crippen LogP contribution in [0.1, 0.15) is 58.4 Å². The van der Waals surface area contributed by atoms with Crippen molar-refractivity contribution >= 4 is 10.9 Å². The average Bonchev–Trinajstić information content (AvgIpc) is 3.57. The minimum atomic E-state index is 0.151. The first-order valence-corrected chi connectivity index (χ1v) is 23.4. The van der Waals surface area contributed by atoms with Crippen LogP contribution < -0.4 is 0 Å². The normalized spacial score (nSPS) is 11.7. The highest BCUT2D eigenvalue weighted by Gasteiger charge is 2.34. The monoisotopic (exact) mass is 867 g/mol. The second-order valence-corrected chi connectivity index (χ2v) is 18.4. The Balaban J connectivity index is 0.000000140. The van der Waals surface area contributed by atoms with E-state index in [-0.39, 0.29) is 5.41 Å². The van der Waals surface area contributed by atoms with E-state index >= 15 is 0 Å². The van der Waals surface area contributed by atoms with E-state index < -0.39 is 0 Å². The minimum absolute atomic E-state index is 0.151. The zero-order chi connectivity index (χ0) is 46.9. The molecule has 0 saturated carbocycles. The van der Waals surface area contributed by atoms with Gasteiger partial charge >= 0.3 is 0 Å². The van der Waals surface area contributed by atoms with Gasteiger partial charge in [0.1, 0.15) is 0 Å². The Morgan fingerprint density at radius 2 is 0.776 bits per heavy atom. The van der Waals surface area contributed by atoms with Crippen molar-refractivity contribution in [3.05, 3.63) is 269 Å². The lowest BCUT2D eigenvalue weighted by Gasteiger charge is -2.21. The van der Waals surface area contributed by atoms with Crippen LogP contribution in [0.25, 0.3) is 66.7 Å². The van der Waals surface area contributed by atoms with E-state index in [0.29, 0.717) is 0 Å². The fraction of sp³-hybridized carbons (Fsp3) is 0.136. The van der Waals surface area contributed by atoms with Crippen molar-refractivity contribution in [2.45, 2.75) is 60.8 Å². The van der Waals surface area contributed by atoms with Crippen LogP contribution in [0, 0.1) is 41.5 Å². The molecule has 330 valence electrons. The maximum absolute atomic E-state index is 4.88. The van der Waals surface area contributed by atoms with Gasteiger partial charge in [-0.05, 0) is 126 Å². The molecule has 67 heavy (non-hydrogen) atoms. The lowest BCUT2D eigenvalue weighted by atomic mass is 9.82. The number of pyridine rings is 1. The van der Waals surface area contributed by atoms with Gasteiger partial charge in [0.15, 0.2) is 0 Å². The zero-order valence-electron chi connectivity index (χ0n) is 40.3. The van der Waals surface area contributed by atoms with Crippen molar-refractivity contribution in [2.24, 2.45) is 0 Å². The van der Waals surface area contributed by atoms with Gasteiger partial charge in [0, 0.05) is 16.4 Å². The van der Waals surface area contributed by atoms with E-state index in [0.717, 1.165) is 11.2 Å². The summed E-state index contributed by atoms with van der Waals surface area (Å²) < 4.78 is 0. The van der Waals surface area contributed by atoms with Gasteiger partial charge < -0.3 is 0 Å². The third kappa shape index (κ3) is 10.8. The number of aromatic nitrogens is 1. The molecule has 1 aromatic heterocycles. The summed E-state index contributed by atoms with van der Waals surface area (Å²) in [5.41, 5.74) is 24.6. The molecule has 0 bridgehead atoms. The topological polar surface area (TPSA) is 12.9 Å². The molecule has 0 atom stereocenters. The van der Waals surface area contributed by atoms with Gasteiger partial charge in [-0.25, -0.2) is 4.98 Å². The van der Waals surface area contributed by atoms with E-state index in [9.17, 15) is 0 Å². The Morgan fingerprint density at radius 3 is 1.42 bits per heavy atom. The number of aryl methyl sites for hydroxylation is 6. The van der Waals surface area contributed by atoms with Crippen molar-refractivity contribution in [3.63, 3.8) is 0 Å². The average molecular weight is 868 g/mol. The Bertz CT molecular complexity index is 3250. The predicted molar refractivity (Wildman–Crippen MR) is 289 cm³/mol. The van der Waals surface area contributed by atoms with Gasteiger partial charge in [0.25, 0.3) is 0 Å². The van der Waals surface area contributed by atoms with Gasteiger partial charge in [0.2, 0.25) is 0 Å². The third-order valence-corrected chi connectivity index (χ3v) is 12.9. The van der Waals surface area contributed by atoms with Gasteiger partial charge in [-0.2, -0.15) is 0 Å². The predicted octanol–water partition coefficient (Wildman–Crippen LogP) is 18.1. The largest absolute Gasteiger partial charge is 0.248 e. The number of fused-ring (bicyclic) bond motifs is 4. The molecule has 1 aliphatic carbocycles. The highest BCUT2D eigenvalue weighted by atomic mass is 14.7. The molecule has 1 heterocycles. The Hall–Kier alpha value is -7.61. The second kappa shape index (κ2) is 20.7. The summed E-state index contributed by atoms with van der Waals surface area (Å²) in [5, 5.41) is 1.17. The summed E-state index contributed by atoms with van der Waals surface area (Å²) in [6, 6.07) is 79.4. The van der Waals surface area contributed by atoms with Crippen LogP contribution in [0.2, 0.25) is 0 Å². The third-order valence-electron chi connectivity index (χ3n) is 12.9. The van der Waals surface area contributed by atoms with Crippen molar-refractivity contribution < 1.29 is 0 Å². The summed E-state index contributed by atoms with van der Waals surface area (Å²) in [6.45, 7) is 17.5. The molecule has 9 aromatic carbocycles. The van der Waals surface area contributed by atoms with Crippen molar-refractivity contribution in [2.75, 3.05) is 0 Å². The van der Waals surface area contributed by atoms with Crippen LogP contribution in [-0.4, -0.2) is 4.98 Å². The van der Waals surface area contributed by atoms with E-state index in [2.05, 4.69) is 250 Å². The van der Waals surface area contributed by atoms with Crippen LogP contribution in [-0.2, 0) is 5.41 Å². The Kier molecular flexibility index (Phi) is 14.2. The molecule has 0 unspecified atom stereocenters. The van der Waals surface area contributed by atoms with E-state index in [1.807, 2.05) is 30.3 Å². The number of nitrogens with zero attached hydrogens (tertiary/aromatic N) is 1. The second-order valence-electron chi connectivity index (χ2n) is 18.4. The quantitative estimate of drug-likeness (QED) is 0.172. The minimum Gasteiger partial charge on any atom is -0.248 e. The summed E-state index contributed by atoms with van der Waals surface area (Å²) in [7, 11) is 0. The first-order valence-electron chi connectivity index (χ1n) is 23.4. The number of benzene rings is 9. The highest BCUT2D eigenvalue weighted by Crippen LogP contribution is 2.48. The fourth-order valence-corrected chi connectivity index (χ4v) is 9.10. The molecule has 0 N–H and O–H groups in total. The lowest BCUT2D eigenvalue weighted by Crippen LogP contribution is -2.14. The molecule has 0 amide bonds. The first kappa shape index (κ1) is 45.9. The van der Waals surface area contributed by atoms with E-state index in [4.69, 9.17) is 4.98 Å². The van der Waals surface area contributed by atoms with Crippen LogP contribution in [0.15, 0.2) is 224 Å². The molecule has 0 radical (unpaired) electrons. The SMILES string of the molecule is Cc1cc(-c2ccc(-c3ccccc3C)c(C)c2)ccc1-c1ccc2ccccc2n1.Cc1ccc(-c2ccccc2)cc1.Cc1ccc2c(c1)C(C)(C)c1ccccc1-2.Cc1ccccc1. The number of hydrogen-bond donors (Lipinski definition) is 0. The maximum atomic E-state index is 4.88. The molecular weight excluding hydrogens is 807 g/mol. The van der Waals surface area contributed by atoms with Crippen LogP contribution in [0.5, 0.6) is 0 Å². The number of para-hydroxylation sites is 1. The molecule has 0 saturated heterocycles. The standard InChI is InChI=1S/C30H25N.C16H16.C13H12.C7H8/c1-20-8-4-6-10-26(20)27-15-12-24(18-21(27)2)25-13-16-28(22(3)19-25)30-17-14-23-9-5-7-11-29(23)31-30;1-11-8-9-13-12-6-4-5-7-14(12)16(2,3)15(13)10-11;1-11-7-9-13(10-8-11)12-5-3-2-4-6-12;1-7-5-3-2-4-6-7/h4-19H,1-3H3;4-10H,1-3H3;2-10H,1H3;2-6H,1H3. The Morgan fingerprint density at radius 1 is 0.299 bits per heavy atom. The fourth-order valence-electron chi connectivity index (χ4n) is 9.10. The zero-order valence-corrected chi connectivity index (χ0v) is 40.3. The smallest absolute Gasteiger partial charge is 0.0712 e. The summed E-state index contributed by atoms with van der Waals surface area (Å²) in [6.07, 6.45) is 0. The van der Waals surface area contributed by atoms with Crippen molar-refractivity contribution in [3.8, 4) is 55.8 Å². The van der Waals surface area contributed by atoms with Crippen LogP contribution in [0.3, 0.4) is 0 Å². The highest BCUT2D eigenvalue weighted by molar-refractivity contribution is 5.83. The van der Waals surface area contributed by atoms with Crippen LogP contribution in [0.4, 0.5) is 0 Å². The van der Waals surface area contributed by atoms with Gasteiger partial charge in [-0.3, -0.25) is 0 Å². The molecule has 10 aromatic rings. The maximum Gasteiger partial charge on any atom is 0.0712 e. The molecule has 0 spiro atoms. The summed E-state index contributed by atoms with van der Waals surface area (Å²) >= 11 is 0. The summed E-state index contributed by atoms with van der Waals surface area (Å²) in [4.78, 5) is 4.88. The van der Waals surface area contributed by atoms with Crippen LogP contribution >= 0.6 is 0 Å². The molecule has 0 aliphatic heterocycles. The molecule has 1 nitrogen and oxygen atoms in total. The Labute approximate surface area is 399 Å². The van der Waals surface area contributed by atoms with Gasteiger partial charge in [0.05, 0.1) is 11.2 Å². The molecule has 11 rings (SSSR count). The van der Waals surface area contributed by atoms with Gasteiger partial charge in [-0.15, -0.1) is 0 Å². The molecule has 1 aliphatic rings. The van der Waals surface area contributed by atoms with Crippen molar-refractivity contribution in [1.29, 1.82) is 0 Å². The number of hydrogen-bond acceptors (Lipinski definition) is 1. The molecule has 1 heteroatoms. The summed E-state index contributed by atoms with van der Waals surface area (Å²) in [5.74, 6) is 0.